The van der Waals surface area contributed by atoms with Crippen molar-refractivity contribution in [3.63, 3.8) is 0 Å². The number of hydrogen-bond acceptors (Lipinski definition) is 1. The second kappa shape index (κ2) is 3.14. The van der Waals surface area contributed by atoms with Gasteiger partial charge < -0.3 is 9.67 Å². The van der Waals surface area contributed by atoms with Crippen LogP contribution >= 0.6 is 0 Å². The number of rotatable bonds is 1. The van der Waals surface area contributed by atoms with Gasteiger partial charge in [0.15, 0.2) is 0 Å². The third-order valence-electron chi connectivity index (χ3n) is 2.87. The van der Waals surface area contributed by atoms with Gasteiger partial charge in [-0.25, -0.2) is 0 Å². The molecule has 0 amide bonds. The van der Waals surface area contributed by atoms with Crippen LogP contribution in [0.25, 0.3) is 10.9 Å². The molecule has 0 spiro atoms. The summed E-state index contributed by atoms with van der Waals surface area (Å²) in [6.45, 7) is 3.86. The molecule has 2 aromatic rings. The molecule has 2 nitrogen and oxygen atoms in total. The normalized spacial score (nSPS) is 13.4. The molecule has 1 aromatic carbocycles. The van der Waals surface area contributed by atoms with E-state index in [1.807, 2.05) is 33.0 Å². The number of aryl methyl sites for hydroxylation is 1. The van der Waals surface area contributed by atoms with Crippen LogP contribution in [0.4, 0.5) is 0 Å². The van der Waals surface area contributed by atoms with Crippen molar-refractivity contribution in [2.24, 2.45) is 7.05 Å². The summed E-state index contributed by atoms with van der Waals surface area (Å²) in [6, 6.07) is 8.17. The topological polar surface area (TPSA) is 25.2 Å². The molecule has 1 N–H and O–H groups in total. The van der Waals surface area contributed by atoms with E-state index in [2.05, 4.69) is 16.7 Å². The van der Waals surface area contributed by atoms with Crippen molar-refractivity contribution in [1.29, 1.82) is 0 Å². The number of aliphatic hydroxyl groups excluding tert-OH is 1. The highest BCUT2D eigenvalue weighted by molar-refractivity contribution is 5.85. The van der Waals surface area contributed by atoms with Crippen molar-refractivity contribution in [3.05, 3.63) is 35.5 Å². The van der Waals surface area contributed by atoms with Crippen LogP contribution in [0.5, 0.6) is 0 Å². The molecule has 1 heterocycles. The minimum absolute atomic E-state index is 0.402. The number of benzene rings is 1. The molecule has 0 aliphatic heterocycles. The Balaban J connectivity index is 2.88. The molecule has 2 heteroatoms. The zero-order valence-electron chi connectivity index (χ0n) is 8.78. The average Bonchev–Trinajstić information content (AvgIpc) is 2.41. The summed E-state index contributed by atoms with van der Waals surface area (Å²) in [5.74, 6) is 0. The van der Waals surface area contributed by atoms with Crippen LogP contribution in [-0.2, 0) is 7.05 Å². The summed E-state index contributed by atoms with van der Waals surface area (Å²) >= 11 is 0. The summed E-state index contributed by atoms with van der Waals surface area (Å²) in [6.07, 6.45) is -0.402. The Kier molecular flexibility index (Phi) is 2.08. The first-order valence-corrected chi connectivity index (χ1v) is 4.85. The van der Waals surface area contributed by atoms with Crippen molar-refractivity contribution in [2.45, 2.75) is 20.0 Å². The molecule has 74 valence electrons. The Hall–Kier alpha value is -1.28. The van der Waals surface area contributed by atoms with E-state index in [0.29, 0.717) is 0 Å². The number of aliphatic hydroxyl groups is 1. The number of nitrogens with zero attached hydrogens (tertiary/aromatic N) is 1. The van der Waals surface area contributed by atoms with Gasteiger partial charge >= 0.3 is 0 Å². The van der Waals surface area contributed by atoms with Gasteiger partial charge in [0.1, 0.15) is 0 Å². The Morgan fingerprint density at radius 1 is 1.29 bits per heavy atom. The molecule has 0 radical (unpaired) electrons. The Bertz CT molecular complexity index is 468. The van der Waals surface area contributed by atoms with Crippen LogP contribution < -0.4 is 0 Å². The number of aromatic nitrogens is 1. The van der Waals surface area contributed by atoms with Crippen molar-refractivity contribution in [2.75, 3.05) is 0 Å². The van der Waals surface area contributed by atoms with Gasteiger partial charge in [-0.1, -0.05) is 18.2 Å². The zero-order valence-corrected chi connectivity index (χ0v) is 8.78. The molecule has 0 bridgehead atoms. The first-order chi connectivity index (χ1) is 6.63. The molecule has 1 aromatic heterocycles. The van der Waals surface area contributed by atoms with E-state index in [4.69, 9.17) is 0 Å². The van der Waals surface area contributed by atoms with E-state index < -0.39 is 6.10 Å². The minimum Gasteiger partial charge on any atom is -0.389 e. The van der Waals surface area contributed by atoms with Gasteiger partial charge in [0.2, 0.25) is 0 Å². The number of para-hydroxylation sites is 1. The molecular weight excluding hydrogens is 174 g/mol. The SMILES string of the molecule is Cc1c(C(C)O)c2ccccc2n1C. The van der Waals surface area contributed by atoms with E-state index in [0.717, 1.165) is 16.6 Å². The van der Waals surface area contributed by atoms with Crippen LogP contribution in [0.2, 0.25) is 0 Å². The van der Waals surface area contributed by atoms with Crippen molar-refractivity contribution in [3.8, 4) is 0 Å². The van der Waals surface area contributed by atoms with E-state index in [-0.39, 0.29) is 0 Å². The van der Waals surface area contributed by atoms with Crippen LogP contribution in [0.1, 0.15) is 24.3 Å². The smallest absolute Gasteiger partial charge is 0.0785 e. The van der Waals surface area contributed by atoms with E-state index in [1.165, 1.54) is 5.52 Å². The largest absolute Gasteiger partial charge is 0.389 e. The van der Waals surface area contributed by atoms with E-state index in [1.54, 1.807) is 0 Å². The summed E-state index contributed by atoms with van der Waals surface area (Å²) < 4.78 is 2.12. The molecule has 1 unspecified atom stereocenters. The molecule has 14 heavy (non-hydrogen) atoms. The maximum atomic E-state index is 9.70. The predicted molar refractivity (Wildman–Crippen MR) is 58.3 cm³/mol. The molecule has 0 aliphatic rings. The van der Waals surface area contributed by atoms with E-state index in [9.17, 15) is 5.11 Å². The standard InChI is InChI=1S/C12H15NO/c1-8-12(9(2)14)10-6-4-5-7-11(10)13(8)3/h4-7,9,14H,1-3H3. The van der Waals surface area contributed by atoms with Crippen molar-refractivity contribution >= 4 is 10.9 Å². The average molecular weight is 189 g/mol. The maximum absolute atomic E-state index is 9.70. The third kappa shape index (κ3) is 1.15. The minimum atomic E-state index is -0.402. The van der Waals surface area contributed by atoms with Crippen molar-refractivity contribution in [1.82, 2.24) is 4.57 Å². The van der Waals surface area contributed by atoms with Gasteiger partial charge in [-0.05, 0) is 19.9 Å². The fourth-order valence-electron chi connectivity index (χ4n) is 2.08. The molecule has 0 fully saturated rings. The lowest BCUT2D eigenvalue weighted by molar-refractivity contribution is 0.200. The van der Waals surface area contributed by atoms with Crippen LogP contribution in [0.3, 0.4) is 0 Å². The zero-order chi connectivity index (χ0) is 10.3. The van der Waals surface area contributed by atoms with Gasteiger partial charge in [0.25, 0.3) is 0 Å². The Labute approximate surface area is 83.8 Å². The molecule has 2 rings (SSSR count). The maximum Gasteiger partial charge on any atom is 0.0785 e. The summed E-state index contributed by atoms with van der Waals surface area (Å²) in [5.41, 5.74) is 3.37. The summed E-state index contributed by atoms with van der Waals surface area (Å²) in [7, 11) is 2.03. The summed E-state index contributed by atoms with van der Waals surface area (Å²) in [4.78, 5) is 0. The fraction of sp³-hybridized carbons (Fsp3) is 0.333. The highest BCUT2D eigenvalue weighted by Crippen LogP contribution is 2.29. The lowest BCUT2D eigenvalue weighted by Gasteiger charge is -2.04. The van der Waals surface area contributed by atoms with Gasteiger partial charge in [0, 0.05) is 29.2 Å². The lowest BCUT2D eigenvalue weighted by atomic mass is 10.1. The number of hydrogen-bond donors (Lipinski definition) is 1. The van der Waals surface area contributed by atoms with Crippen LogP contribution in [0, 0.1) is 6.92 Å². The van der Waals surface area contributed by atoms with E-state index >= 15 is 0 Å². The predicted octanol–water partition coefficient (Wildman–Crippen LogP) is 2.54. The first kappa shape index (κ1) is 9.28. The molecule has 0 saturated heterocycles. The molecule has 0 aliphatic carbocycles. The lowest BCUT2D eigenvalue weighted by Crippen LogP contribution is -1.95. The van der Waals surface area contributed by atoms with Gasteiger partial charge in [-0.15, -0.1) is 0 Å². The molecule has 1 atom stereocenters. The van der Waals surface area contributed by atoms with Crippen LogP contribution in [0.15, 0.2) is 24.3 Å². The number of fused-ring (bicyclic) bond motifs is 1. The fourth-order valence-corrected chi connectivity index (χ4v) is 2.08. The second-order valence-electron chi connectivity index (χ2n) is 3.75. The summed E-state index contributed by atoms with van der Waals surface area (Å²) in [5, 5.41) is 10.9. The van der Waals surface area contributed by atoms with Crippen molar-refractivity contribution < 1.29 is 5.11 Å². The highest BCUT2D eigenvalue weighted by atomic mass is 16.3. The highest BCUT2D eigenvalue weighted by Gasteiger charge is 2.14. The molecular formula is C12H15NO. The van der Waals surface area contributed by atoms with Gasteiger partial charge in [0.05, 0.1) is 6.10 Å². The quantitative estimate of drug-likeness (QED) is 0.732. The van der Waals surface area contributed by atoms with Gasteiger partial charge in [-0.3, -0.25) is 0 Å². The first-order valence-electron chi connectivity index (χ1n) is 4.85. The third-order valence-corrected chi connectivity index (χ3v) is 2.87. The Morgan fingerprint density at radius 2 is 1.93 bits per heavy atom. The van der Waals surface area contributed by atoms with Gasteiger partial charge in [-0.2, -0.15) is 0 Å². The molecule has 0 saturated carbocycles. The monoisotopic (exact) mass is 189 g/mol. The second-order valence-corrected chi connectivity index (χ2v) is 3.75. The van der Waals surface area contributed by atoms with Crippen LogP contribution in [-0.4, -0.2) is 9.67 Å². The Morgan fingerprint density at radius 3 is 2.57 bits per heavy atom.